The van der Waals surface area contributed by atoms with E-state index in [0.717, 1.165) is 28.3 Å². The molecule has 6 nitrogen and oxygen atoms in total. The number of amides is 1. The lowest BCUT2D eigenvalue weighted by atomic mass is 10.1. The maximum Gasteiger partial charge on any atom is 0.262 e. The molecule has 1 amide bonds. The van der Waals surface area contributed by atoms with Gasteiger partial charge in [-0.2, -0.15) is 0 Å². The third-order valence-electron chi connectivity index (χ3n) is 4.69. The SMILES string of the molecule is COc1ccc(-c2nc3ccc(NC(=O)COc4ccc(Cl)cc4)cn3c2C)cc1. The second kappa shape index (κ2) is 8.47. The van der Waals surface area contributed by atoms with Crippen molar-refractivity contribution in [1.29, 1.82) is 0 Å². The second-order valence-corrected chi connectivity index (χ2v) is 7.15. The van der Waals surface area contributed by atoms with Crippen molar-refractivity contribution in [3.63, 3.8) is 0 Å². The van der Waals surface area contributed by atoms with Crippen molar-refractivity contribution in [3.05, 3.63) is 77.6 Å². The van der Waals surface area contributed by atoms with E-state index < -0.39 is 0 Å². The molecular weight excluding hydrogens is 402 g/mol. The van der Waals surface area contributed by atoms with Crippen molar-refractivity contribution < 1.29 is 14.3 Å². The highest BCUT2D eigenvalue weighted by atomic mass is 35.5. The van der Waals surface area contributed by atoms with Crippen LogP contribution in [0, 0.1) is 6.92 Å². The van der Waals surface area contributed by atoms with Gasteiger partial charge in [0.1, 0.15) is 17.1 Å². The van der Waals surface area contributed by atoms with Crippen LogP contribution >= 0.6 is 11.6 Å². The number of hydrogen-bond donors (Lipinski definition) is 1. The molecule has 7 heteroatoms. The molecule has 30 heavy (non-hydrogen) atoms. The summed E-state index contributed by atoms with van der Waals surface area (Å²) in [7, 11) is 1.64. The molecule has 0 spiro atoms. The number of hydrogen-bond acceptors (Lipinski definition) is 4. The number of ether oxygens (including phenoxy) is 2. The van der Waals surface area contributed by atoms with E-state index in [0.29, 0.717) is 16.5 Å². The number of imidazole rings is 1. The Bertz CT molecular complexity index is 1190. The molecule has 0 aliphatic carbocycles. The topological polar surface area (TPSA) is 64.9 Å². The van der Waals surface area contributed by atoms with E-state index in [1.54, 1.807) is 31.4 Å². The zero-order valence-corrected chi connectivity index (χ0v) is 17.3. The maximum atomic E-state index is 12.3. The van der Waals surface area contributed by atoms with Gasteiger partial charge in [-0.25, -0.2) is 4.98 Å². The molecule has 0 unspecified atom stereocenters. The highest BCUT2D eigenvalue weighted by molar-refractivity contribution is 6.30. The van der Waals surface area contributed by atoms with Crippen LogP contribution in [0.3, 0.4) is 0 Å². The molecule has 0 bridgehead atoms. The van der Waals surface area contributed by atoms with Crippen LogP contribution in [0.15, 0.2) is 66.9 Å². The molecule has 152 valence electrons. The van der Waals surface area contributed by atoms with Gasteiger partial charge in [0.25, 0.3) is 5.91 Å². The van der Waals surface area contributed by atoms with Gasteiger partial charge in [0.05, 0.1) is 18.5 Å². The van der Waals surface area contributed by atoms with Crippen molar-refractivity contribution in [1.82, 2.24) is 9.38 Å². The highest BCUT2D eigenvalue weighted by Crippen LogP contribution is 2.26. The molecule has 4 rings (SSSR count). The molecule has 0 aliphatic rings. The van der Waals surface area contributed by atoms with Gasteiger partial charge in [0.2, 0.25) is 0 Å². The van der Waals surface area contributed by atoms with E-state index in [9.17, 15) is 4.79 Å². The number of rotatable bonds is 6. The summed E-state index contributed by atoms with van der Waals surface area (Å²) in [5.74, 6) is 1.13. The fourth-order valence-corrected chi connectivity index (χ4v) is 3.26. The minimum atomic E-state index is -0.252. The molecule has 4 aromatic rings. The Kier molecular flexibility index (Phi) is 5.59. The minimum absolute atomic E-state index is 0.0975. The summed E-state index contributed by atoms with van der Waals surface area (Å²) in [6.07, 6.45) is 1.85. The average molecular weight is 422 g/mol. The van der Waals surface area contributed by atoms with Crippen LogP contribution in [0.4, 0.5) is 5.69 Å². The first-order valence-electron chi connectivity index (χ1n) is 9.35. The lowest BCUT2D eigenvalue weighted by Crippen LogP contribution is -2.20. The number of carbonyl (C=O) groups is 1. The Labute approximate surface area is 179 Å². The van der Waals surface area contributed by atoms with Gasteiger partial charge in [-0.3, -0.25) is 4.79 Å². The Morgan fingerprint density at radius 2 is 1.73 bits per heavy atom. The van der Waals surface area contributed by atoms with Crippen molar-refractivity contribution in [3.8, 4) is 22.8 Å². The first kappa shape index (κ1) is 19.8. The van der Waals surface area contributed by atoms with Gasteiger partial charge in [0, 0.05) is 22.5 Å². The van der Waals surface area contributed by atoms with Crippen molar-refractivity contribution in [2.45, 2.75) is 6.92 Å². The number of anilines is 1. The van der Waals surface area contributed by atoms with Gasteiger partial charge in [-0.1, -0.05) is 11.6 Å². The first-order valence-corrected chi connectivity index (χ1v) is 9.72. The summed E-state index contributed by atoms with van der Waals surface area (Å²) in [5, 5.41) is 3.47. The average Bonchev–Trinajstić information content (AvgIpc) is 3.09. The van der Waals surface area contributed by atoms with Crippen LogP contribution in [0.25, 0.3) is 16.9 Å². The molecule has 2 heterocycles. The quantitative estimate of drug-likeness (QED) is 0.476. The van der Waals surface area contributed by atoms with Gasteiger partial charge < -0.3 is 19.2 Å². The van der Waals surface area contributed by atoms with Crippen LogP contribution in [0.2, 0.25) is 5.02 Å². The Hall–Kier alpha value is -3.51. The van der Waals surface area contributed by atoms with E-state index >= 15 is 0 Å². The molecule has 0 fully saturated rings. The standard InChI is InChI=1S/C23H20ClN3O3/c1-15-23(16-3-8-19(29-2)9-4-16)26-21-12-7-18(13-27(15)21)25-22(28)14-30-20-10-5-17(24)6-11-20/h3-13H,14H2,1-2H3,(H,25,28). The Balaban J connectivity index is 1.49. The monoisotopic (exact) mass is 421 g/mol. The predicted molar refractivity (Wildman–Crippen MR) is 117 cm³/mol. The summed E-state index contributed by atoms with van der Waals surface area (Å²) in [6.45, 7) is 1.90. The van der Waals surface area contributed by atoms with Crippen molar-refractivity contribution >= 4 is 28.8 Å². The van der Waals surface area contributed by atoms with Crippen molar-refractivity contribution in [2.75, 3.05) is 19.0 Å². The summed E-state index contributed by atoms with van der Waals surface area (Å²) >= 11 is 5.85. The number of methoxy groups -OCH3 is 1. The van der Waals surface area contributed by atoms with Crippen LogP contribution in [-0.2, 0) is 4.79 Å². The predicted octanol–water partition coefficient (Wildman–Crippen LogP) is 4.99. The van der Waals surface area contributed by atoms with Gasteiger partial charge in [-0.05, 0) is 67.6 Å². The first-order chi connectivity index (χ1) is 14.5. The van der Waals surface area contributed by atoms with Gasteiger partial charge >= 0.3 is 0 Å². The molecule has 2 aromatic carbocycles. The molecule has 0 saturated carbocycles. The number of carbonyl (C=O) groups excluding carboxylic acids is 1. The van der Waals surface area contributed by atoms with E-state index in [4.69, 9.17) is 26.1 Å². The maximum absolute atomic E-state index is 12.3. The lowest BCUT2D eigenvalue weighted by Gasteiger charge is -2.08. The molecule has 0 atom stereocenters. The summed E-state index contributed by atoms with van der Waals surface area (Å²) in [5.41, 5.74) is 4.32. The summed E-state index contributed by atoms with van der Waals surface area (Å²) in [6, 6.07) is 18.3. The smallest absolute Gasteiger partial charge is 0.262 e. The minimum Gasteiger partial charge on any atom is -0.497 e. The Morgan fingerprint density at radius 3 is 2.43 bits per heavy atom. The van der Waals surface area contributed by atoms with Crippen LogP contribution in [0.5, 0.6) is 11.5 Å². The number of benzene rings is 2. The number of aromatic nitrogens is 2. The molecule has 0 radical (unpaired) electrons. The second-order valence-electron chi connectivity index (χ2n) is 6.71. The normalized spacial score (nSPS) is 10.8. The summed E-state index contributed by atoms with van der Waals surface area (Å²) in [4.78, 5) is 17.0. The molecule has 0 saturated heterocycles. The van der Waals surface area contributed by atoms with Crippen LogP contribution < -0.4 is 14.8 Å². The number of aryl methyl sites for hydroxylation is 1. The van der Waals surface area contributed by atoms with Gasteiger partial charge in [0.15, 0.2) is 6.61 Å². The molecule has 0 aliphatic heterocycles. The van der Waals surface area contributed by atoms with E-state index in [2.05, 4.69) is 5.32 Å². The van der Waals surface area contributed by atoms with Gasteiger partial charge in [-0.15, -0.1) is 0 Å². The lowest BCUT2D eigenvalue weighted by molar-refractivity contribution is -0.118. The molecule has 2 aromatic heterocycles. The van der Waals surface area contributed by atoms with E-state index in [1.807, 2.05) is 53.9 Å². The van der Waals surface area contributed by atoms with Crippen LogP contribution in [0.1, 0.15) is 5.69 Å². The van der Waals surface area contributed by atoms with E-state index in [1.165, 1.54) is 0 Å². The third kappa shape index (κ3) is 4.23. The van der Waals surface area contributed by atoms with E-state index in [-0.39, 0.29) is 12.5 Å². The zero-order chi connectivity index (χ0) is 21.1. The fraction of sp³-hybridized carbons (Fsp3) is 0.130. The summed E-state index contributed by atoms with van der Waals surface area (Å²) < 4.78 is 12.7. The number of nitrogens with zero attached hydrogens (tertiary/aromatic N) is 2. The highest BCUT2D eigenvalue weighted by Gasteiger charge is 2.12. The van der Waals surface area contributed by atoms with Crippen LogP contribution in [-0.4, -0.2) is 29.0 Å². The number of nitrogens with one attached hydrogen (secondary N) is 1. The molecule has 1 N–H and O–H groups in total. The largest absolute Gasteiger partial charge is 0.497 e. The van der Waals surface area contributed by atoms with Crippen molar-refractivity contribution in [2.24, 2.45) is 0 Å². The number of halogens is 1. The third-order valence-corrected chi connectivity index (χ3v) is 4.94. The fourth-order valence-electron chi connectivity index (χ4n) is 3.14. The number of fused-ring (bicyclic) bond motifs is 1. The number of pyridine rings is 1. The zero-order valence-electron chi connectivity index (χ0n) is 16.6. The molecular formula is C23H20ClN3O3. The Morgan fingerprint density at radius 1 is 1.03 bits per heavy atom.